The smallest absolute Gasteiger partial charge is 0.228 e. The quantitative estimate of drug-likeness (QED) is 0.675. The lowest BCUT2D eigenvalue weighted by molar-refractivity contribution is -0.122. The number of rotatable bonds is 8. The molecule has 0 saturated carbocycles. The average molecular weight is 340 g/mol. The Morgan fingerprint density at radius 2 is 2.00 bits per heavy atom. The van der Waals surface area contributed by atoms with Crippen LogP contribution in [0.4, 0.5) is 5.13 Å². The summed E-state index contributed by atoms with van der Waals surface area (Å²) in [5.74, 6) is 0.154. The van der Waals surface area contributed by atoms with E-state index in [1.54, 1.807) is 5.38 Å². The van der Waals surface area contributed by atoms with Gasteiger partial charge >= 0.3 is 0 Å². The van der Waals surface area contributed by atoms with Gasteiger partial charge in [-0.05, 0) is 19.3 Å². The number of nitrogens with two attached hydrogens (primary N) is 1. The van der Waals surface area contributed by atoms with Crippen molar-refractivity contribution in [2.45, 2.75) is 53.0 Å². The molecule has 1 atom stereocenters. The molecule has 4 N–H and O–H groups in total. The molecule has 0 fully saturated rings. The summed E-state index contributed by atoms with van der Waals surface area (Å²) in [7, 11) is 0. The molecule has 1 rings (SSSR count). The van der Waals surface area contributed by atoms with Gasteiger partial charge in [-0.1, -0.05) is 27.7 Å². The van der Waals surface area contributed by atoms with E-state index in [9.17, 15) is 9.59 Å². The molecular formula is C16H28N4O2S. The summed E-state index contributed by atoms with van der Waals surface area (Å²) >= 11 is 1.32. The minimum Gasteiger partial charge on any atom is -0.349 e. The number of nitrogens with zero attached hydrogens (tertiary/aromatic N) is 1. The summed E-state index contributed by atoms with van der Waals surface area (Å²) < 4.78 is 0. The van der Waals surface area contributed by atoms with Crippen LogP contribution in [0.2, 0.25) is 0 Å². The van der Waals surface area contributed by atoms with E-state index in [0.29, 0.717) is 23.3 Å². The fourth-order valence-corrected chi connectivity index (χ4v) is 3.04. The number of carbonyl (C=O) groups is 2. The Kier molecular flexibility index (Phi) is 7.15. The Hall–Kier alpha value is -1.47. The van der Waals surface area contributed by atoms with Gasteiger partial charge in [0, 0.05) is 23.4 Å². The van der Waals surface area contributed by atoms with Gasteiger partial charge in [0.25, 0.3) is 0 Å². The fraction of sp³-hybridized carbons (Fsp3) is 0.688. The summed E-state index contributed by atoms with van der Waals surface area (Å²) in [6.45, 7) is 10.2. The predicted molar refractivity (Wildman–Crippen MR) is 94.3 cm³/mol. The zero-order chi connectivity index (χ0) is 17.6. The SMILES string of the molecule is CC(C)CC(C)(CN)NC(=O)Cc1csc(NC(=O)C(C)C)n1. The molecule has 0 bridgehead atoms. The van der Waals surface area contributed by atoms with Crippen molar-refractivity contribution in [3.8, 4) is 0 Å². The molecule has 1 unspecified atom stereocenters. The standard InChI is InChI=1S/C16H28N4O2S/c1-10(2)7-16(5,9-17)20-13(21)6-12-8-23-15(18-12)19-14(22)11(3)4/h8,10-11H,6-7,9,17H2,1-5H3,(H,20,21)(H,18,19,22). The molecule has 0 spiro atoms. The van der Waals surface area contributed by atoms with Crippen molar-refractivity contribution in [2.24, 2.45) is 17.6 Å². The number of hydrogen-bond donors (Lipinski definition) is 3. The lowest BCUT2D eigenvalue weighted by Gasteiger charge is -2.31. The van der Waals surface area contributed by atoms with Crippen molar-refractivity contribution in [3.05, 3.63) is 11.1 Å². The monoisotopic (exact) mass is 340 g/mol. The number of nitrogens with one attached hydrogen (secondary N) is 2. The van der Waals surface area contributed by atoms with Crippen molar-refractivity contribution in [1.82, 2.24) is 10.3 Å². The molecule has 130 valence electrons. The molecule has 0 aliphatic rings. The van der Waals surface area contributed by atoms with Gasteiger partial charge in [-0.15, -0.1) is 11.3 Å². The molecule has 1 aromatic rings. The largest absolute Gasteiger partial charge is 0.349 e. The highest BCUT2D eigenvalue weighted by atomic mass is 32.1. The van der Waals surface area contributed by atoms with Crippen LogP contribution in [0, 0.1) is 11.8 Å². The first-order chi connectivity index (χ1) is 10.6. The van der Waals surface area contributed by atoms with Crippen LogP contribution in [-0.4, -0.2) is 28.9 Å². The maximum atomic E-state index is 12.2. The van der Waals surface area contributed by atoms with Gasteiger partial charge in [0.2, 0.25) is 11.8 Å². The number of carbonyl (C=O) groups excluding carboxylic acids is 2. The minimum absolute atomic E-state index is 0.0806. The molecule has 0 radical (unpaired) electrons. The molecule has 23 heavy (non-hydrogen) atoms. The van der Waals surface area contributed by atoms with E-state index in [-0.39, 0.29) is 24.2 Å². The molecule has 0 aliphatic heterocycles. The Morgan fingerprint density at radius 1 is 1.35 bits per heavy atom. The van der Waals surface area contributed by atoms with Crippen molar-refractivity contribution in [3.63, 3.8) is 0 Å². The van der Waals surface area contributed by atoms with E-state index < -0.39 is 5.54 Å². The Morgan fingerprint density at radius 3 is 2.52 bits per heavy atom. The highest BCUT2D eigenvalue weighted by Crippen LogP contribution is 2.18. The molecule has 0 aromatic carbocycles. The Labute approximate surface area is 142 Å². The summed E-state index contributed by atoms with van der Waals surface area (Å²) in [6, 6.07) is 0. The van der Waals surface area contributed by atoms with Gasteiger partial charge in [-0.25, -0.2) is 4.98 Å². The molecule has 2 amide bonds. The summed E-state index contributed by atoms with van der Waals surface area (Å²) in [5, 5.41) is 8.05. The third kappa shape index (κ3) is 6.66. The second-order valence-electron chi connectivity index (χ2n) is 6.88. The van der Waals surface area contributed by atoms with E-state index in [0.717, 1.165) is 6.42 Å². The maximum absolute atomic E-state index is 12.2. The lowest BCUT2D eigenvalue weighted by atomic mass is 9.90. The van der Waals surface area contributed by atoms with Gasteiger partial charge in [0.05, 0.1) is 12.1 Å². The lowest BCUT2D eigenvalue weighted by Crippen LogP contribution is -2.52. The van der Waals surface area contributed by atoms with Crippen LogP contribution in [0.15, 0.2) is 5.38 Å². The number of anilines is 1. The zero-order valence-corrected chi connectivity index (χ0v) is 15.4. The van der Waals surface area contributed by atoms with E-state index in [2.05, 4.69) is 29.5 Å². The minimum atomic E-state index is -0.407. The van der Waals surface area contributed by atoms with Crippen molar-refractivity contribution < 1.29 is 9.59 Å². The van der Waals surface area contributed by atoms with Crippen LogP contribution in [0.5, 0.6) is 0 Å². The summed E-state index contributed by atoms with van der Waals surface area (Å²) in [6.07, 6.45) is 1.00. The van der Waals surface area contributed by atoms with E-state index in [4.69, 9.17) is 5.73 Å². The normalized spacial score (nSPS) is 13.9. The molecule has 7 heteroatoms. The van der Waals surface area contributed by atoms with Crippen molar-refractivity contribution in [1.29, 1.82) is 0 Å². The average Bonchev–Trinajstić information content (AvgIpc) is 2.84. The second kappa shape index (κ2) is 8.40. The maximum Gasteiger partial charge on any atom is 0.228 e. The van der Waals surface area contributed by atoms with E-state index >= 15 is 0 Å². The van der Waals surface area contributed by atoms with Crippen LogP contribution in [0.1, 0.15) is 46.7 Å². The fourth-order valence-electron chi connectivity index (χ4n) is 2.33. The number of hydrogen-bond acceptors (Lipinski definition) is 5. The van der Waals surface area contributed by atoms with Crippen LogP contribution in [0.25, 0.3) is 0 Å². The van der Waals surface area contributed by atoms with Crippen LogP contribution >= 0.6 is 11.3 Å². The third-order valence-corrected chi connectivity index (χ3v) is 4.20. The third-order valence-electron chi connectivity index (χ3n) is 3.40. The van der Waals surface area contributed by atoms with Gasteiger partial charge in [0.1, 0.15) is 0 Å². The number of thiazole rings is 1. The Balaban J connectivity index is 2.61. The van der Waals surface area contributed by atoms with Gasteiger partial charge < -0.3 is 16.4 Å². The first kappa shape index (κ1) is 19.6. The first-order valence-corrected chi connectivity index (χ1v) is 8.79. The topological polar surface area (TPSA) is 97.1 Å². The number of aromatic nitrogens is 1. The van der Waals surface area contributed by atoms with E-state index in [1.807, 2.05) is 20.8 Å². The first-order valence-electron chi connectivity index (χ1n) is 7.91. The second-order valence-corrected chi connectivity index (χ2v) is 7.73. The van der Waals surface area contributed by atoms with Crippen LogP contribution < -0.4 is 16.4 Å². The van der Waals surface area contributed by atoms with Gasteiger partial charge in [-0.3, -0.25) is 9.59 Å². The van der Waals surface area contributed by atoms with E-state index in [1.165, 1.54) is 11.3 Å². The van der Waals surface area contributed by atoms with Crippen molar-refractivity contribution in [2.75, 3.05) is 11.9 Å². The molecule has 0 aliphatic carbocycles. The highest BCUT2D eigenvalue weighted by molar-refractivity contribution is 7.13. The zero-order valence-electron chi connectivity index (χ0n) is 14.6. The molecule has 6 nitrogen and oxygen atoms in total. The molecule has 1 heterocycles. The molecule has 0 saturated heterocycles. The van der Waals surface area contributed by atoms with Gasteiger partial charge in [-0.2, -0.15) is 0 Å². The predicted octanol–water partition coefficient (Wildman–Crippen LogP) is 2.16. The van der Waals surface area contributed by atoms with Crippen LogP contribution in [0.3, 0.4) is 0 Å². The number of amides is 2. The van der Waals surface area contributed by atoms with Gasteiger partial charge in [0.15, 0.2) is 5.13 Å². The summed E-state index contributed by atoms with van der Waals surface area (Å²) in [4.78, 5) is 28.1. The molecular weight excluding hydrogens is 312 g/mol. The molecule has 1 aromatic heterocycles. The van der Waals surface area contributed by atoms with Crippen LogP contribution in [-0.2, 0) is 16.0 Å². The Bertz CT molecular complexity index is 542. The highest BCUT2D eigenvalue weighted by Gasteiger charge is 2.26. The summed E-state index contributed by atoms with van der Waals surface area (Å²) in [5.41, 5.74) is 6.05. The van der Waals surface area contributed by atoms with Crippen molar-refractivity contribution >= 4 is 28.3 Å².